The van der Waals surface area contributed by atoms with Gasteiger partial charge in [-0.3, -0.25) is 24.1 Å². The van der Waals surface area contributed by atoms with Crippen molar-refractivity contribution in [3.63, 3.8) is 0 Å². The summed E-state index contributed by atoms with van der Waals surface area (Å²) in [5.74, 6) is -0.514. The van der Waals surface area contributed by atoms with Crippen molar-refractivity contribution in [1.82, 2.24) is 25.3 Å². The van der Waals surface area contributed by atoms with Gasteiger partial charge in [0.15, 0.2) is 5.78 Å². The molecule has 3 unspecified atom stereocenters. The highest BCUT2D eigenvalue weighted by molar-refractivity contribution is 7.17. The molecule has 2 aromatic rings. The molecular formula is C29H37N5O4S. The van der Waals surface area contributed by atoms with E-state index < -0.39 is 12.1 Å². The van der Waals surface area contributed by atoms with Crippen LogP contribution in [0.5, 0.6) is 0 Å². The number of fused-ring (bicyclic) bond motifs is 1. The Bertz CT molecular complexity index is 1210. The highest BCUT2D eigenvalue weighted by Gasteiger charge is 2.52. The first-order valence-corrected chi connectivity index (χ1v) is 14.7. The zero-order valence-electron chi connectivity index (χ0n) is 22.6. The molecule has 0 radical (unpaired) electrons. The summed E-state index contributed by atoms with van der Waals surface area (Å²) in [6.45, 7) is 8.07. The summed E-state index contributed by atoms with van der Waals surface area (Å²) in [7, 11) is 0. The Hall–Kier alpha value is -3.08. The van der Waals surface area contributed by atoms with Crippen molar-refractivity contribution in [1.29, 1.82) is 0 Å². The van der Waals surface area contributed by atoms with Gasteiger partial charge in [0, 0.05) is 37.6 Å². The summed E-state index contributed by atoms with van der Waals surface area (Å²) >= 11 is 1.39. The van der Waals surface area contributed by atoms with Gasteiger partial charge in [0.25, 0.3) is 5.91 Å². The summed E-state index contributed by atoms with van der Waals surface area (Å²) < 4.78 is 0. The molecule has 10 heteroatoms. The van der Waals surface area contributed by atoms with Gasteiger partial charge in [0.05, 0.1) is 24.0 Å². The van der Waals surface area contributed by atoms with E-state index in [-0.39, 0.29) is 42.0 Å². The third kappa shape index (κ3) is 6.08. The number of benzene rings is 1. The average Bonchev–Trinajstić information content (AvgIpc) is 3.66. The van der Waals surface area contributed by atoms with Crippen LogP contribution < -0.4 is 10.6 Å². The lowest BCUT2D eigenvalue weighted by molar-refractivity contribution is -0.138. The fourth-order valence-corrected chi connectivity index (χ4v) is 6.80. The van der Waals surface area contributed by atoms with Crippen LogP contribution in [-0.2, 0) is 14.4 Å². The average molecular weight is 552 g/mol. The SMILES string of the molecule is CC(C)CC(NC(=O)c1ccc(-c2ccccc2)s1)C(=O)N1CCC2C1C(=O)CN2C(=O)CN1CCNCC1. The summed E-state index contributed by atoms with van der Waals surface area (Å²) in [4.78, 5) is 60.2. The van der Waals surface area contributed by atoms with E-state index in [1.54, 1.807) is 15.9 Å². The van der Waals surface area contributed by atoms with Gasteiger partial charge in [-0.05, 0) is 36.5 Å². The maximum atomic E-state index is 13.8. The minimum absolute atomic E-state index is 0.0443. The first kappa shape index (κ1) is 27.5. The van der Waals surface area contributed by atoms with Gasteiger partial charge in [-0.15, -0.1) is 11.3 Å². The number of hydrogen-bond acceptors (Lipinski definition) is 7. The maximum Gasteiger partial charge on any atom is 0.262 e. The predicted octanol–water partition coefficient (Wildman–Crippen LogP) is 1.85. The van der Waals surface area contributed by atoms with Crippen molar-refractivity contribution < 1.29 is 19.2 Å². The van der Waals surface area contributed by atoms with Gasteiger partial charge >= 0.3 is 0 Å². The molecule has 0 saturated carbocycles. The van der Waals surface area contributed by atoms with E-state index in [1.165, 1.54) is 11.3 Å². The van der Waals surface area contributed by atoms with Gasteiger partial charge in [0.1, 0.15) is 12.1 Å². The van der Waals surface area contributed by atoms with Crippen molar-refractivity contribution in [2.45, 2.75) is 44.8 Å². The number of Topliss-reactive ketones (excluding diaryl/α,β-unsaturated/α-hetero) is 1. The number of piperazine rings is 1. The predicted molar refractivity (Wildman–Crippen MR) is 150 cm³/mol. The molecule has 3 aliphatic heterocycles. The number of thiophene rings is 1. The smallest absolute Gasteiger partial charge is 0.262 e. The Labute approximate surface area is 233 Å². The Morgan fingerprint density at radius 2 is 1.77 bits per heavy atom. The molecule has 208 valence electrons. The zero-order chi connectivity index (χ0) is 27.5. The molecular weight excluding hydrogens is 514 g/mol. The summed E-state index contributed by atoms with van der Waals surface area (Å²) in [5.41, 5.74) is 1.04. The minimum atomic E-state index is -0.739. The zero-order valence-corrected chi connectivity index (χ0v) is 23.4. The molecule has 2 N–H and O–H groups in total. The molecule has 3 aliphatic rings. The van der Waals surface area contributed by atoms with E-state index in [4.69, 9.17) is 0 Å². The number of carbonyl (C=O) groups excluding carboxylic acids is 4. The molecule has 3 amide bonds. The molecule has 39 heavy (non-hydrogen) atoms. The van der Waals surface area contributed by atoms with Crippen LogP contribution in [0.3, 0.4) is 0 Å². The second-order valence-electron chi connectivity index (χ2n) is 11.0. The molecule has 5 rings (SSSR count). The Morgan fingerprint density at radius 3 is 2.49 bits per heavy atom. The van der Waals surface area contributed by atoms with E-state index in [9.17, 15) is 19.2 Å². The van der Waals surface area contributed by atoms with E-state index >= 15 is 0 Å². The molecule has 1 aromatic heterocycles. The monoisotopic (exact) mass is 551 g/mol. The summed E-state index contributed by atoms with van der Waals surface area (Å²) in [6.07, 6.45) is 1.04. The molecule has 3 saturated heterocycles. The van der Waals surface area contributed by atoms with Gasteiger partial charge in [-0.1, -0.05) is 44.2 Å². The molecule has 1 aromatic carbocycles. The largest absolute Gasteiger partial charge is 0.340 e. The van der Waals surface area contributed by atoms with Crippen LogP contribution in [0.15, 0.2) is 42.5 Å². The van der Waals surface area contributed by atoms with E-state index in [2.05, 4.69) is 15.5 Å². The van der Waals surface area contributed by atoms with Crippen LogP contribution in [0.25, 0.3) is 10.4 Å². The lowest BCUT2D eigenvalue weighted by Gasteiger charge is -2.30. The van der Waals surface area contributed by atoms with Crippen molar-refractivity contribution in [2.24, 2.45) is 5.92 Å². The highest BCUT2D eigenvalue weighted by atomic mass is 32.1. The molecule has 0 aliphatic carbocycles. The van der Waals surface area contributed by atoms with Crippen LogP contribution in [0, 0.1) is 5.92 Å². The third-order valence-corrected chi connectivity index (χ3v) is 8.93. The van der Waals surface area contributed by atoms with E-state index in [0.717, 1.165) is 36.6 Å². The molecule has 3 fully saturated rings. The van der Waals surface area contributed by atoms with Crippen molar-refractivity contribution in [2.75, 3.05) is 45.8 Å². The summed E-state index contributed by atoms with van der Waals surface area (Å²) in [6, 6.07) is 11.9. The van der Waals surface area contributed by atoms with Crippen molar-refractivity contribution in [3.8, 4) is 10.4 Å². The molecule has 4 heterocycles. The fraction of sp³-hybridized carbons (Fsp3) is 0.517. The molecule has 0 spiro atoms. The van der Waals surface area contributed by atoms with Crippen LogP contribution in [0.1, 0.15) is 36.4 Å². The van der Waals surface area contributed by atoms with Crippen LogP contribution >= 0.6 is 11.3 Å². The second-order valence-corrected chi connectivity index (χ2v) is 12.1. The van der Waals surface area contributed by atoms with Crippen LogP contribution in [-0.4, -0.2) is 102 Å². The first-order chi connectivity index (χ1) is 18.8. The van der Waals surface area contributed by atoms with E-state index in [1.807, 2.05) is 50.2 Å². The molecule has 0 bridgehead atoms. The lowest BCUT2D eigenvalue weighted by atomic mass is 10.0. The number of hydrogen-bond donors (Lipinski definition) is 2. The Morgan fingerprint density at radius 1 is 1.03 bits per heavy atom. The fourth-order valence-electron chi connectivity index (χ4n) is 5.88. The number of nitrogens with one attached hydrogen (secondary N) is 2. The number of ketones is 1. The molecule has 3 atom stereocenters. The van der Waals surface area contributed by atoms with Crippen molar-refractivity contribution in [3.05, 3.63) is 47.3 Å². The number of rotatable bonds is 8. The number of likely N-dealkylation sites (tertiary alicyclic amines) is 2. The third-order valence-electron chi connectivity index (χ3n) is 7.79. The van der Waals surface area contributed by atoms with Gasteiger partial charge in [-0.25, -0.2) is 0 Å². The topological polar surface area (TPSA) is 102 Å². The van der Waals surface area contributed by atoms with E-state index in [0.29, 0.717) is 30.8 Å². The maximum absolute atomic E-state index is 13.8. The first-order valence-electron chi connectivity index (χ1n) is 13.8. The quantitative estimate of drug-likeness (QED) is 0.519. The van der Waals surface area contributed by atoms with Crippen LogP contribution in [0.4, 0.5) is 0 Å². The Balaban J connectivity index is 1.26. The Kier molecular flexibility index (Phi) is 8.44. The molecule has 9 nitrogen and oxygen atoms in total. The number of amides is 3. The van der Waals surface area contributed by atoms with Crippen LogP contribution in [0.2, 0.25) is 0 Å². The van der Waals surface area contributed by atoms with Crippen molar-refractivity contribution >= 4 is 34.8 Å². The standard InChI is InChI=1S/C29H37N5O4S/c1-19(2)16-21(31-28(37)25-9-8-24(39-25)20-6-4-3-5-7-20)29(38)33-13-10-22-27(33)23(35)17-34(22)26(36)18-32-14-11-30-12-15-32/h3-9,19,21-22,27,30H,10-18H2,1-2H3,(H,31,37). The normalized spacial score (nSPS) is 22.3. The number of nitrogens with zero attached hydrogens (tertiary/aromatic N) is 3. The minimum Gasteiger partial charge on any atom is -0.340 e. The second kappa shape index (κ2) is 12.0. The summed E-state index contributed by atoms with van der Waals surface area (Å²) in [5, 5.41) is 6.25. The van der Waals surface area contributed by atoms with Gasteiger partial charge < -0.3 is 20.4 Å². The highest BCUT2D eigenvalue weighted by Crippen LogP contribution is 2.32. The number of carbonyl (C=O) groups is 4. The lowest BCUT2D eigenvalue weighted by Crippen LogP contribution is -2.53. The van der Waals surface area contributed by atoms with Gasteiger partial charge in [-0.2, -0.15) is 0 Å². The van der Waals surface area contributed by atoms with Gasteiger partial charge in [0.2, 0.25) is 11.8 Å².